The van der Waals surface area contributed by atoms with Crippen LogP contribution in [0.2, 0.25) is 0 Å². The normalized spacial score (nSPS) is 17.0. The summed E-state index contributed by atoms with van der Waals surface area (Å²) >= 11 is 0. The van der Waals surface area contributed by atoms with E-state index in [2.05, 4.69) is 0 Å². The van der Waals surface area contributed by atoms with Crippen LogP contribution in [0.3, 0.4) is 0 Å². The summed E-state index contributed by atoms with van der Waals surface area (Å²) in [5.74, 6) is 5.27. The standard InChI is InChI=1S/C11H16N2O4/c12-13-11(14)8-5-10(16-6-8)7-17-9-1-3-15-4-2-9/h5-6,9H,1-4,7,12H2,(H,13,14). The summed E-state index contributed by atoms with van der Waals surface area (Å²) in [5.41, 5.74) is 2.44. The number of carbonyl (C=O) groups is 1. The number of nitrogen functional groups attached to an aromatic ring is 1. The van der Waals surface area contributed by atoms with Gasteiger partial charge < -0.3 is 13.9 Å². The molecule has 6 heteroatoms. The topological polar surface area (TPSA) is 86.7 Å². The molecular weight excluding hydrogens is 224 g/mol. The molecule has 2 rings (SSSR count). The molecule has 2 heterocycles. The fraction of sp³-hybridized carbons (Fsp3) is 0.545. The van der Waals surface area contributed by atoms with Gasteiger partial charge in [-0.3, -0.25) is 10.2 Å². The minimum absolute atomic E-state index is 0.209. The summed E-state index contributed by atoms with van der Waals surface area (Å²) in [6.45, 7) is 1.84. The molecule has 0 unspecified atom stereocenters. The van der Waals surface area contributed by atoms with Crippen molar-refractivity contribution >= 4 is 5.91 Å². The number of rotatable bonds is 4. The summed E-state index contributed by atoms with van der Waals surface area (Å²) in [6.07, 6.45) is 3.37. The minimum Gasteiger partial charge on any atom is -0.466 e. The summed E-state index contributed by atoms with van der Waals surface area (Å²) in [5, 5.41) is 0. The summed E-state index contributed by atoms with van der Waals surface area (Å²) < 4.78 is 16.1. The Morgan fingerprint density at radius 3 is 3.00 bits per heavy atom. The van der Waals surface area contributed by atoms with Crippen LogP contribution in [0.1, 0.15) is 29.0 Å². The van der Waals surface area contributed by atoms with Crippen LogP contribution in [0, 0.1) is 0 Å². The predicted octanol–water partition coefficient (Wildman–Crippen LogP) is 0.579. The lowest BCUT2D eigenvalue weighted by Gasteiger charge is -2.21. The van der Waals surface area contributed by atoms with Gasteiger partial charge in [0, 0.05) is 13.2 Å². The Morgan fingerprint density at radius 1 is 1.53 bits per heavy atom. The maximum atomic E-state index is 11.2. The molecule has 17 heavy (non-hydrogen) atoms. The highest BCUT2D eigenvalue weighted by atomic mass is 16.5. The lowest BCUT2D eigenvalue weighted by Crippen LogP contribution is -2.29. The molecule has 1 aliphatic heterocycles. The molecule has 0 aromatic carbocycles. The lowest BCUT2D eigenvalue weighted by molar-refractivity contribution is -0.0433. The van der Waals surface area contributed by atoms with Crippen LogP contribution in [0.5, 0.6) is 0 Å². The number of ether oxygens (including phenoxy) is 2. The van der Waals surface area contributed by atoms with Crippen molar-refractivity contribution in [2.24, 2.45) is 5.84 Å². The first-order chi connectivity index (χ1) is 8.29. The fourth-order valence-corrected chi connectivity index (χ4v) is 1.70. The molecule has 0 saturated carbocycles. The number of furan rings is 1. The molecule has 1 fully saturated rings. The van der Waals surface area contributed by atoms with E-state index in [1.165, 1.54) is 6.26 Å². The molecule has 0 aliphatic carbocycles. The highest BCUT2D eigenvalue weighted by Crippen LogP contribution is 2.15. The first-order valence-electron chi connectivity index (χ1n) is 5.57. The van der Waals surface area contributed by atoms with E-state index in [9.17, 15) is 4.79 Å². The first-order valence-corrected chi connectivity index (χ1v) is 5.57. The summed E-state index contributed by atoms with van der Waals surface area (Å²) in [6, 6.07) is 1.63. The van der Waals surface area contributed by atoms with Crippen molar-refractivity contribution in [2.75, 3.05) is 13.2 Å². The quantitative estimate of drug-likeness (QED) is 0.456. The van der Waals surface area contributed by atoms with Gasteiger partial charge in [0.1, 0.15) is 18.6 Å². The van der Waals surface area contributed by atoms with E-state index in [4.69, 9.17) is 19.7 Å². The number of hydrazine groups is 1. The van der Waals surface area contributed by atoms with Gasteiger partial charge in [-0.25, -0.2) is 5.84 Å². The average Bonchev–Trinajstić information content (AvgIpc) is 2.85. The Balaban J connectivity index is 1.82. The van der Waals surface area contributed by atoms with Gasteiger partial charge in [0.2, 0.25) is 0 Å². The van der Waals surface area contributed by atoms with Crippen LogP contribution in [0.25, 0.3) is 0 Å². The predicted molar refractivity (Wildman–Crippen MR) is 59.0 cm³/mol. The van der Waals surface area contributed by atoms with Crippen LogP contribution in [0.4, 0.5) is 0 Å². The smallest absolute Gasteiger partial charge is 0.268 e. The number of carbonyl (C=O) groups excluding carboxylic acids is 1. The van der Waals surface area contributed by atoms with Gasteiger partial charge in [-0.1, -0.05) is 0 Å². The van der Waals surface area contributed by atoms with Crippen LogP contribution in [0.15, 0.2) is 16.7 Å². The molecule has 94 valence electrons. The van der Waals surface area contributed by atoms with Gasteiger partial charge in [0.05, 0.1) is 11.7 Å². The Bertz CT molecular complexity index is 371. The van der Waals surface area contributed by atoms with E-state index in [-0.39, 0.29) is 12.0 Å². The third-order valence-corrected chi connectivity index (χ3v) is 2.68. The second kappa shape index (κ2) is 5.81. The molecule has 1 aromatic rings. The molecule has 1 aliphatic rings. The number of hydrogen-bond donors (Lipinski definition) is 2. The lowest BCUT2D eigenvalue weighted by atomic mass is 10.1. The van der Waals surface area contributed by atoms with E-state index in [1.807, 2.05) is 5.43 Å². The minimum atomic E-state index is -0.369. The summed E-state index contributed by atoms with van der Waals surface area (Å²) in [7, 11) is 0. The van der Waals surface area contributed by atoms with E-state index in [0.29, 0.717) is 17.9 Å². The molecule has 3 N–H and O–H groups in total. The van der Waals surface area contributed by atoms with Gasteiger partial charge in [0.15, 0.2) is 0 Å². The van der Waals surface area contributed by atoms with Crippen LogP contribution in [-0.4, -0.2) is 25.2 Å². The summed E-state index contributed by atoms with van der Waals surface area (Å²) in [4.78, 5) is 11.2. The van der Waals surface area contributed by atoms with Gasteiger partial charge in [-0.15, -0.1) is 0 Å². The van der Waals surface area contributed by atoms with E-state index in [0.717, 1.165) is 26.1 Å². The maximum absolute atomic E-state index is 11.2. The highest BCUT2D eigenvalue weighted by Gasteiger charge is 2.15. The molecule has 1 saturated heterocycles. The van der Waals surface area contributed by atoms with Crippen molar-refractivity contribution in [3.05, 3.63) is 23.7 Å². The molecule has 6 nitrogen and oxygen atoms in total. The Kier molecular flexibility index (Phi) is 4.13. The second-order valence-corrected chi connectivity index (χ2v) is 3.90. The average molecular weight is 240 g/mol. The van der Waals surface area contributed by atoms with Crippen molar-refractivity contribution < 1.29 is 18.7 Å². The van der Waals surface area contributed by atoms with E-state index >= 15 is 0 Å². The Morgan fingerprint density at radius 2 is 2.29 bits per heavy atom. The number of nitrogens with two attached hydrogens (primary N) is 1. The molecular formula is C11H16N2O4. The van der Waals surface area contributed by atoms with Crippen LogP contribution in [-0.2, 0) is 16.1 Å². The first kappa shape index (κ1) is 12.1. The Hall–Kier alpha value is -1.37. The molecule has 1 amide bonds. The zero-order valence-electron chi connectivity index (χ0n) is 9.48. The Labute approximate surface area is 99.0 Å². The number of hydrogen-bond acceptors (Lipinski definition) is 5. The third kappa shape index (κ3) is 3.29. The van der Waals surface area contributed by atoms with E-state index in [1.54, 1.807) is 6.07 Å². The molecule has 1 aromatic heterocycles. The van der Waals surface area contributed by atoms with Crippen molar-refractivity contribution in [3.63, 3.8) is 0 Å². The third-order valence-electron chi connectivity index (χ3n) is 2.68. The second-order valence-electron chi connectivity index (χ2n) is 3.90. The molecule has 0 spiro atoms. The number of nitrogens with one attached hydrogen (secondary N) is 1. The van der Waals surface area contributed by atoms with Crippen molar-refractivity contribution in [2.45, 2.75) is 25.6 Å². The SMILES string of the molecule is NNC(=O)c1coc(COC2CCOCC2)c1. The highest BCUT2D eigenvalue weighted by molar-refractivity contribution is 5.93. The van der Waals surface area contributed by atoms with Gasteiger partial charge >= 0.3 is 0 Å². The molecule has 0 atom stereocenters. The molecule has 0 bridgehead atoms. The maximum Gasteiger partial charge on any atom is 0.268 e. The fourth-order valence-electron chi connectivity index (χ4n) is 1.70. The van der Waals surface area contributed by atoms with Crippen molar-refractivity contribution in [3.8, 4) is 0 Å². The van der Waals surface area contributed by atoms with Crippen LogP contribution < -0.4 is 11.3 Å². The van der Waals surface area contributed by atoms with Gasteiger partial charge in [0.25, 0.3) is 5.91 Å². The van der Waals surface area contributed by atoms with Crippen molar-refractivity contribution in [1.82, 2.24) is 5.43 Å². The number of amides is 1. The van der Waals surface area contributed by atoms with E-state index < -0.39 is 0 Å². The largest absolute Gasteiger partial charge is 0.466 e. The zero-order valence-corrected chi connectivity index (χ0v) is 9.48. The monoisotopic (exact) mass is 240 g/mol. The van der Waals surface area contributed by atoms with Gasteiger partial charge in [-0.2, -0.15) is 0 Å². The van der Waals surface area contributed by atoms with Crippen molar-refractivity contribution in [1.29, 1.82) is 0 Å². The van der Waals surface area contributed by atoms with Gasteiger partial charge in [-0.05, 0) is 18.9 Å². The zero-order chi connectivity index (χ0) is 12.1. The molecule has 0 radical (unpaired) electrons. The van der Waals surface area contributed by atoms with Crippen LogP contribution >= 0.6 is 0 Å².